The standard InChI is InChI=1S/C16H15FN2O/c17-15-5-1-13(2-6-15)11-19-12-14-3-7-16(8-4-14)20-10-9-18/h1-8,19H,10-12H2. The van der Waals surface area contributed by atoms with Gasteiger partial charge in [0.05, 0.1) is 0 Å². The van der Waals surface area contributed by atoms with Crippen LogP contribution < -0.4 is 10.1 Å². The van der Waals surface area contributed by atoms with Gasteiger partial charge in [-0.05, 0) is 35.4 Å². The first kappa shape index (κ1) is 14.0. The molecule has 0 unspecified atom stereocenters. The Hall–Kier alpha value is -2.38. The van der Waals surface area contributed by atoms with Crippen molar-refractivity contribution in [2.45, 2.75) is 13.1 Å². The second-order valence-electron chi connectivity index (χ2n) is 4.32. The summed E-state index contributed by atoms with van der Waals surface area (Å²) in [6.07, 6.45) is 0. The summed E-state index contributed by atoms with van der Waals surface area (Å²) in [5.41, 5.74) is 2.16. The van der Waals surface area contributed by atoms with Gasteiger partial charge in [0.1, 0.15) is 17.6 Å². The average molecular weight is 270 g/mol. The number of ether oxygens (including phenoxy) is 1. The average Bonchev–Trinajstić information content (AvgIpc) is 2.48. The van der Waals surface area contributed by atoms with Crippen molar-refractivity contribution in [1.29, 1.82) is 5.26 Å². The molecule has 102 valence electrons. The van der Waals surface area contributed by atoms with Gasteiger partial charge in [0.25, 0.3) is 0 Å². The van der Waals surface area contributed by atoms with Gasteiger partial charge in [0.2, 0.25) is 0 Å². The van der Waals surface area contributed by atoms with E-state index >= 15 is 0 Å². The van der Waals surface area contributed by atoms with E-state index in [0.717, 1.165) is 17.7 Å². The number of hydrogen-bond donors (Lipinski definition) is 1. The molecule has 3 nitrogen and oxygen atoms in total. The molecule has 0 spiro atoms. The third-order valence-electron chi connectivity index (χ3n) is 2.80. The molecule has 0 saturated heterocycles. The molecule has 1 N–H and O–H groups in total. The van der Waals surface area contributed by atoms with Crippen molar-refractivity contribution >= 4 is 0 Å². The Kier molecular flexibility index (Phi) is 5.10. The molecule has 0 heterocycles. The predicted octanol–water partition coefficient (Wildman–Crippen LogP) is 3.02. The molecular weight excluding hydrogens is 255 g/mol. The summed E-state index contributed by atoms with van der Waals surface area (Å²) < 4.78 is 17.9. The Morgan fingerprint density at radius 1 is 0.950 bits per heavy atom. The van der Waals surface area contributed by atoms with E-state index in [-0.39, 0.29) is 12.4 Å². The Labute approximate surface area is 117 Å². The van der Waals surface area contributed by atoms with Crippen molar-refractivity contribution in [2.75, 3.05) is 6.61 Å². The summed E-state index contributed by atoms with van der Waals surface area (Å²) in [4.78, 5) is 0. The smallest absolute Gasteiger partial charge is 0.174 e. The number of nitrogens with one attached hydrogen (secondary N) is 1. The van der Waals surface area contributed by atoms with E-state index in [4.69, 9.17) is 10.00 Å². The molecule has 0 aliphatic heterocycles. The minimum Gasteiger partial charge on any atom is -0.479 e. The third-order valence-corrected chi connectivity index (χ3v) is 2.80. The van der Waals surface area contributed by atoms with Crippen LogP contribution >= 0.6 is 0 Å². The van der Waals surface area contributed by atoms with E-state index < -0.39 is 0 Å². The maximum absolute atomic E-state index is 12.7. The lowest BCUT2D eigenvalue weighted by atomic mass is 10.2. The van der Waals surface area contributed by atoms with Crippen molar-refractivity contribution in [3.8, 4) is 11.8 Å². The van der Waals surface area contributed by atoms with Gasteiger partial charge in [-0.1, -0.05) is 24.3 Å². The molecule has 0 aliphatic rings. The highest BCUT2D eigenvalue weighted by atomic mass is 19.1. The Morgan fingerprint density at radius 2 is 1.50 bits per heavy atom. The molecular formula is C16H15FN2O. The van der Waals surface area contributed by atoms with Crippen LogP contribution in [0.1, 0.15) is 11.1 Å². The van der Waals surface area contributed by atoms with Crippen LogP contribution in [0.15, 0.2) is 48.5 Å². The molecule has 4 heteroatoms. The lowest BCUT2D eigenvalue weighted by molar-refractivity contribution is 0.368. The van der Waals surface area contributed by atoms with Crippen LogP contribution in [0.2, 0.25) is 0 Å². The molecule has 0 aliphatic carbocycles. The molecule has 0 atom stereocenters. The summed E-state index contributed by atoms with van der Waals surface area (Å²) in [6, 6.07) is 15.9. The summed E-state index contributed by atoms with van der Waals surface area (Å²) in [5, 5.41) is 11.7. The zero-order valence-corrected chi connectivity index (χ0v) is 11.0. The summed E-state index contributed by atoms with van der Waals surface area (Å²) in [7, 11) is 0. The number of halogens is 1. The van der Waals surface area contributed by atoms with Crippen LogP contribution in [0.3, 0.4) is 0 Å². The first-order valence-electron chi connectivity index (χ1n) is 6.32. The van der Waals surface area contributed by atoms with Crippen LogP contribution in [0.5, 0.6) is 5.75 Å². The molecule has 0 fully saturated rings. The number of nitrogens with zero attached hydrogens (tertiary/aromatic N) is 1. The van der Waals surface area contributed by atoms with Crippen LogP contribution in [-0.4, -0.2) is 6.61 Å². The van der Waals surface area contributed by atoms with Crippen molar-refractivity contribution in [1.82, 2.24) is 5.32 Å². The minimum absolute atomic E-state index is 0.0577. The SMILES string of the molecule is N#CCOc1ccc(CNCc2ccc(F)cc2)cc1. The van der Waals surface area contributed by atoms with Crippen LogP contribution in [-0.2, 0) is 13.1 Å². The summed E-state index contributed by atoms with van der Waals surface area (Å²) in [6.45, 7) is 1.46. The van der Waals surface area contributed by atoms with E-state index in [0.29, 0.717) is 12.3 Å². The first-order chi connectivity index (χ1) is 9.78. The zero-order valence-electron chi connectivity index (χ0n) is 11.0. The Balaban J connectivity index is 1.79. The fraction of sp³-hybridized carbons (Fsp3) is 0.188. The lowest BCUT2D eigenvalue weighted by Gasteiger charge is -2.06. The zero-order chi connectivity index (χ0) is 14.2. The Bertz CT molecular complexity index is 573. The van der Waals surface area contributed by atoms with E-state index in [1.54, 1.807) is 12.1 Å². The number of benzene rings is 2. The fourth-order valence-electron chi connectivity index (χ4n) is 1.77. The van der Waals surface area contributed by atoms with Crippen LogP contribution in [0.4, 0.5) is 4.39 Å². The highest BCUT2D eigenvalue weighted by molar-refractivity contribution is 5.27. The molecule has 2 rings (SSSR count). The minimum atomic E-state index is -0.221. The fourth-order valence-corrected chi connectivity index (χ4v) is 1.77. The largest absolute Gasteiger partial charge is 0.479 e. The predicted molar refractivity (Wildman–Crippen MR) is 74.5 cm³/mol. The summed E-state index contributed by atoms with van der Waals surface area (Å²) >= 11 is 0. The molecule has 0 bridgehead atoms. The van der Waals surface area contributed by atoms with E-state index in [1.807, 2.05) is 30.3 Å². The quantitative estimate of drug-likeness (QED) is 0.877. The van der Waals surface area contributed by atoms with Gasteiger partial charge in [-0.2, -0.15) is 5.26 Å². The molecule has 0 saturated carbocycles. The summed E-state index contributed by atoms with van der Waals surface area (Å²) in [5.74, 6) is 0.468. The topological polar surface area (TPSA) is 45.0 Å². The number of hydrogen-bond acceptors (Lipinski definition) is 3. The van der Waals surface area contributed by atoms with Gasteiger partial charge < -0.3 is 10.1 Å². The van der Waals surface area contributed by atoms with Gasteiger partial charge >= 0.3 is 0 Å². The van der Waals surface area contributed by atoms with E-state index in [2.05, 4.69) is 5.32 Å². The highest BCUT2D eigenvalue weighted by Gasteiger charge is 1.97. The van der Waals surface area contributed by atoms with Crippen molar-refractivity contribution in [3.05, 3.63) is 65.5 Å². The van der Waals surface area contributed by atoms with E-state index in [9.17, 15) is 4.39 Å². The molecule has 20 heavy (non-hydrogen) atoms. The second kappa shape index (κ2) is 7.27. The number of rotatable bonds is 6. The maximum Gasteiger partial charge on any atom is 0.174 e. The highest BCUT2D eigenvalue weighted by Crippen LogP contribution is 2.12. The molecule has 0 radical (unpaired) electrons. The lowest BCUT2D eigenvalue weighted by Crippen LogP contribution is -2.12. The van der Waals surface area contributed by atoms with Gasteiger partial charge in [0.15, 0.2) is 6.61 Å². The maximum atomic E-state index is 12.7. The van der Waals surface area contributed by atoms with Gasteiger partial charge in [-0.15, -0.1) is 0 Å². The Morgan fingerprint density at radius 3 is 2.05 bits per heavy atom. The molecule has 0 aromatic heterocycles. The van der Waals surface area contributed by atoms with E-state index in [1.165, 1.54) is 12.1 Å². The second-order valence-corrected chi connectivity index (χ2v) is 4.32. The molecule has 2 aromatic rings. The van der Waals surface area contributed by atoms with Gasteiger partial charge in [0, 0.05) is 13.1 Å². The molecule has 0 amide bonds. The number of nitriles is 1. The molecule has 2 aromatic carbocycles. The van der Waals surface area contributed by atoms with Gasteiger partial charge in [-0.3, -0.25) is 0 Å². The van der Waals surface area contributed by atoms with Crippen molar-refractivity contribution in [3.63, 3.8) is 0 Å². The van der Waals surface area contributed by atoms with Crippen LogP contribution in [0, 0.1) is 17.1 Å². The first-order valence-corrected chi connectivity index (χ1v) is 6.32. The van der Waals surface area contributed by atoms with Crippen molar-refractivity contribution < 1.29 is 9.13 Å². The van der Waals surface area contributed by atoms with Gasteiger partial charge in [-0.25, -0.2) is 4.39 Å². The monoisotopic (exact) mass is 270 g/mol. The van der Waals surface area contributed by atoms with Crippen molar-refractivity contribution in [2.24, 2.45) is 0 Å². The third kappa shape index (κ3) is 4.38. The normalized spacial score (nSPS) is 10.0. The van der Waals surface area contributed by atoms with Crippen LogP contribution in [0.25, 0.3) is 0 Å².